The van der Waals surface area contributed by atoms with Crippen LogP contribution in [0.1, 0.15) is 30.4 Å². The zero-order valence-corrected chi connectivity index (χ0v) is 12.3. The van der Waals surface area contributed by atoms with E-state index in [1.165, 1.54) is 13.2 Å². The van der Waals surface area contributed by atoms with Gasteiger partial charge in [0, 0.05) is 19.0 Å². The minimum atomic E-state index is -0.354. The second-order valence-corrected chi connectivity index (χ2v) is 5.42. The van der Waals surface area contributed by atoms with E-state index in [1.54, 1.807) is 11.0 Å². The molecule has 2 atom stereocenters. The molecule has 5 heteroatoms. The van der Waals surface area contributed by atoms with Crippen molar-refractivity contribution in [2.45, 2.75) is 25.7 Å². The summed E-state index contributed by atoms with van der Waals surface area (Å²) < 4.78 is 18.7. The molecule has 1 fully saturated rings. The van der Waals surface area contributed by atoms with Crippen LogP contribution in [0.2, 0.25) is 0 Å². The lowest BCUT2D eigenvalue weighted by Crippen LogP contribution is -2.42. The molecule has 1 aromatic rings. The molecule has 0 bridgehead atoms. The van der Waals surface area contributed by atoms with Gasteiger partial charge in [0.1, 0.15) is 5.82 Å². The Balaban J connectivity index is 2.22. The van der Waals surface area contributed by atoms with Crippen molar-refractivity contribution in [3.8, 4) is 0 Å². The highest BCUT2D eigenvalue weighted by Crippen LogP contribution is 2.31. The number of amides is 1. The van der Waals surface area contributed by atoms with Crippen LogP contribution in [0, 0.1) is 11.7 Å². The molecule has 1 aliphatic rings. The first-order valence-electron chi connectivity index (χ1n) is 7.14. The number of carbonyl (C=O) groups excluding carboxylic acids is 2. The summed E-state index contributed by atoms with van der Waals surface area (Å²) in [4.78, 5) is 24.4. The molecule has 2 unspecified atom stereocenters. The highest BCUT2D eigenvalue weighted by atomic mass is 19.1. The summed E-state index contributed by atoms with van der Waals surface area (Å²) in [6, 6.07) is 5.18. The summed E-state index contributed by atoms with van der Waals surface area (Å²) in [5.41, 5.74) is 1.50. The number of benzene rings is 1. The minimum absolute atomic E-state index is 0.0477. The molecule has 0 saturated carbocycles. The van der Waals surface area contributed by atoms with E-state index >= 15 is 0 Å². The third-order valence-electron chi connectivity index (χ3n) is 4.09. The molecular weight excluding hydrogens is 273 g/mol. The van der Waals surface area contributed by atoms with Crippen molar-refractivity contribution in [1.82, 2.24) is 4.90 Å². The Hall–Kier alpha value is -1.91. The Morgan fingerprint density at radius 1 is 1.48 bits per heavy atom. The van der Waals surface area contributed by atoms with Gasteiger partial charge in [-0.1, -0.05) is 19.1 Å². The van der Waals surface area contributed by atoms with Gasteiger partial charge in [0.05, 0.1) is 13.0 Å². The van der Waals surface area contributed by atoms with Gasteiger partial charge < -0.3 is 9.64 Å². The van der Waals surface area contributed by atoms with Gasteiger partial charge in [-0.2, -0.15) is 0 Å². The van der Waals surface area contributed by atoms with Crippen molar-refractivity contribution in [2.24, 2.45) is 5.92 Å². The maximum absolute atomic E-state index is 13.9. The Morgan fingerprint density at radius 3 is 2.81 bits per heavy atom. The number of halogens is 1. The van der Waals surface area contributed by atoms with Gasteiger partial charge in [-0.25, -0.2) is 4.39 Å². The maximum Gasteiger partial charge on any atom is 0.310 e. The topological polar surface area (TPSA) is 46.6 Å². The number of rotatable bonds is 4. The van der Waals surface area contributed by atoms with Crippen molar-refractivity contribution in [2.75, 3.05) is 20.2 Å². The Morgan fingerprint density at radius 2 is 2.24 bits per heavy atom. The summed E-state index contributed by atoms with van der Waals surface area (Å²) >= 11 is 0. The summed E-state index contributed by atoms with van der Waals surface area (Å²) in [6.45, 7) is 2.77. The zero-order valence-electron chi connectivity index (χ0n) is 12.3. The molecule has 2 rings (SSSR count). The van der Waals surface area contributed by atoms with Crippen LogP contribution in [0.5, 0.6) is 0 Å². The molecule has 21 heavy (non-hydrogen) atoms. The van der Waals surface area contributed by atoms with E-state index in [9.17, 15) is 14.0 Å². The molecule has 1 aromatic carbocycles. The van der Waals surface area contributed by atoms with Crippen molar-refractivity contribution in [3.63, 3.8) is 0 Å². The lowest BCUT2D eigenvalue weighted by molar-refractivity contribution is -0.148. The van der Waals surface area contributed by atoms with E-state index in [-0.39, 0.29) is 23.6 Å². The number of piperidine rings is 1. The predicted molar refractivity (Wildman–Crippen MR) is 76.3 cm³/mol. The highest BCUT2D eigenvalue weighted by molar-refractivity contribution is 5.73. The first-order chi connectivity index (χ1) is 10.1. The van der Waals surface area contributed by atoms with Crippen molar-refractivity contribution >= 4 is 12.4 Å². The van der Waals surface area contributed by atoms with Crippen molar-refractivity contribution in [1.29, 1.82) is 0 Å². The third kappa shape index (κ3) is 3.40. The largest absolute Gasteiger partial charge is 0.469 e. The fraction of sp³-hybridized carbons (Fsp3) is 0.500. The summed E-state index contributed by atoms with van der Waals surface area (Å²) in [6.07, 6.45) is 1.95. The fourth-order valence-electron chi connectivity index (χ4n) is 2.90. The molecule has 0 aromatic heterocycles. The second-order valence-electron chi connectivity index (χ2n) is 5.42. The number of hydrogen-bond donors (Lipinski definition) is 0. The molecule has 0 N–H and O–H groups in total. The Bertz CT molecular complexity index is 532. The van der Waals surface area contributed by atoms with Crippen LogP contribution >= 0.6 is 0 Å². The number of carbonyl (C=O) groups is 2. The highest BCUT2D eigenvalue weighted by Gasteiger charge is 2.32. The predicted octanol–water partition coefficient (Wildman–Crippen LogP) is 2.12. The fourth-order valence-corrected chi connectivity index (χ4v) is 2.90. The molecular formula is C16H20FNO3. The summed E-state index contributed by atoms with van der Waals surface area (Å²) in [5.74, 6) is -0.952. The smallest absolute Gasteiger partial charge is 0.310 e. The van der Waals surface area contributed by atoms with E-state index < -0.39 is 0 Å². The molecule has 0 aliphatic carbocycles. The third-order valence-corrected chi connectivity index (χ3v) is 4.09. The van der Waals surface area contributed by atoms with Gasteiger partial charge in [-0.15, -0.1) is 0 Å². The summed E-state index contributed by atoms with van der Waals surface area (Å²) in [5, 5.41) is 0. The molecule has 1 saturated heterocycles. The van der Waals surface area contributed by atoms with E-state index in [0.717, 1.165) is 12.0 Å². The monoisotopic (exact) mass is 293 g/mol. The maximum atomic E-state index is 13.9. The van der Waals surface area contributed by atoms with Gasteiger partial charge in [0.2, 0.25) is 6.41 Å². The molecule has 1 aliphatic heterocycles. The van der Waals surface area contributed by atoms with Crippen molar-refractivity contribution in [3.05, 3.63) is 35.1 Å². The SMILES string of the molecule is CCc1ccc(C2CC(C(=O)OC)CN(C=O)C2)cc1F. The van der Waals surface area contributed by atoms with Crippen LogP contribution in [0.15, 0.2) is 18.2 Å². The molecule has 114 valence electrons. The number of ether oxygens (including phenoxy) is 1. The first kappa shape index (κ1) is 15.5. The number of methoxy groups -OCH3 is 1. The van der Waals surface area contributed by atoms with Crippen LogP contribution in [0.4, 0.5) is 4.39 Å². The number of nitrogens with zero attached hydrogens (tertiary/aromatic N) is 1. The quantitative estimate of drug-likeness (QED) is 0.631. The average Bonchev–Trinajstić information content (AvgIpc) is 2.53. The average molecular weight is 293 g/mol. The molecule has 4 nitrogen and oxygen atoms in total. The van der Waals surface area contributed by atoms with E-state index in [1.807, 2.05) is 13.0 Å². The Kier molecular flexibility index (Phi) is 4.94. The number of likely N-dealkylation sites (tertiary alicyclic amines) is 1. The molecule has 0 radical (unpaired) electrons. The molecule has 1 heterocycles. The Labute approximate surface area is 123 Å². The van der Waals surface area contributed by atoms with Gasteiger partial charge in [0.15, 0.2) is 0 Å². The molecule has 1 amide bonds. The van der Waals surface area contributed by atoms with Crippen LogP contribution in [0.3, 0.4) is 0 Å². The number of aryl methyl sites for hydroxylation is 1. The second kappa shape index (κ2) is 6.70. The van der Waals surface area contributed by atoms with E-state index in [0.29, 0.717) is 31.5 Å². The molecule has 0 spiro atoms. The normalized spacial score (nSPS) is 22.0. The lowest BCUT2D eigenvalue weighted by atomic mass is 9.84. The first-order valence-corrected chi connectivity index (χ1v) is 7.14. The number of esters is 1. The zero-order chi connectivity index (χ0) is 15.4. The lowest BCUT2D eigenvalue weighted by Gasteiger charge is -2.34. The van der Waals surface area contributed by atoms with Crippen LogP contribution in [-0.4, -0.2) is 37.5 Å². The summed E-state index contributed by atoms with van der Waals surface area (Å²) in [7, 11) is 1.34. The van der Waals surface area contributed by atoms with E-state index in [4.69, 9.17) is 4.74 Å². The van der Waals surface area contributed by atoms with Crippen LogP contribution in [-0.2, 0) is 20.7 Å². The standard InChI is InChI=1S/C16H20FNO3/c1-3-11-4-5-12(7-15(11)17)13-6-14(16(20)21-2)9-18(8-13)10-19/h4-5,7,10,13-14H,3,6,8-9H2,1-2H3. The van der Waals surface area contributed by atoms with Crippen molar-refractivity contribution < 1.29 is 18.7 Å². The van der Waals surface area contributed by atoms with Crippen LogP contribution in [0.25, 0.3) is 0 Å². The van der Waals surface area contributed by atoms with Crippen LogP contribution < -0.4 is 0 Å². The van der Waals surface area contributed by atoms with Gasteiger partial charge in [-0.05, 0) is 30.0 Å². The van der Waals surface area contributed by atoms with Gasteiger partial charge >= 0.3 is 5.97 Å². The minimum Gasteiger partial charge on any atom is -0.469 e. The van der Waals surface area contributed by atoms with E-state index in [2.05, 4.69) is 0 Å². The van der Waals surface area contributed by atoms with Gasteiger partial charge in [0.25, 0.3) is 0 Å². The number of hydrogen-bond acceptors (Lipinski definition) is 3. The van der Waals surface area contributed by atoms with Gasteiger partial charge in [-0.3, -0.25) is 9.59 Å².